The van der Waals surface area contributed by atoms with Crippen molar-refractivity contribution in [1.29, 1.82) is 0 Å². The summed E-state index contributed by atoms with van der Waals surface area (Å²) in [6.45, 7) is 8.85. The summed E-state index contributed by atoms with van der Waals surface area (Å²) in [5, 5.41) is 2.87. The van der Waals surface area contributed by atoms with Gasteiger partial charge >= 0.3 is 0 Å². The van der Waals surface area contributed by atoms with Gasteiger partial charge in [0.1, 0.15) is 5.69 Å². The van der Waals surface area contributed by atoms with Crippen molar-refractivity contribution in [3.63, 3.8) is 0 Å². The lowest BCUT2D eigenvalue weighted by Crippen LogP contribution is -2.53. The Balaban J connectivity index is 1.42. The van der Waals surface area contributed by atoms with Crippen molar-refractivity contribution in [1.82, 2.24) is 14.3 Å². The van der Waals surface area contributed by atoms with E-state index in [1.165, 1.54) is 11.3 Å². The Morgan fingerprint density at radius 1 is 1.00 bits per heavy atom. The number of piperazine rings is 1. The number of anilines is 2. The van der Waals surface area contributed by atoms with Crippen LogP contribution in [0.5, 0.6) is 0 Å². The summed E-state index contributed by atoms with van der Waals surface area (Å²) in [5.41, 5.74) is 4.08. The molecule has 1 atom stereocenters. The van der Waals surface area contributed by atoms with Crippen LogP contribution in [0.1, 0.15) is 18.2 Å². The lowest BCUT2D eigenvalue weighted by molar-refractivity contribution is -0.117. The van der Waals surface area contributed by atoms with Crippen LogP contribution in [0.2, 0.25) is 0 Å². The van der Waals surface area contributed by atoms with Crippen molar-refractivity contribution >= 4 is 17.3 Å². The number of nitrogens with zero attached hydrogens (tertiary/aromatic N) is 4. The molecule has 32 heavy (non-hydrogen) atoms. The molecule has 1 aromatic heterocycles. The summed E-state index contributed by atoms with van der Waals surface area (Å²) in [6, 6.07) is 18.3. The van der Waals surface area contributed by atoms with Crippen molar-refractivity contribution in [2.24, 2.45) is 7.05 Å². The average Bonchev–Trinajstić information content (AvgIpc) is 2.98. The van der Waals surface area contributed by atoms with E-state index in [0.717, 1.165) is 31.0 Å². The molecule has 7 nitrogen and oxygen atoms in total. The van der Waals surface area contributed by atoms with Crippen LogP contribution >= 0.6 is 0 Å². The van der Waals surface area contributed by atoms with E-state index in [9.17, 15) is 9.59 Å². The van der Waals surface area contributed by atoms with Gasteiger partial charge in [-0.25, -0.2) is 4.68 Å². The van der Waals surface area contributed by atoms with Crippen LogP contribution in [0.4, 0.5) is 11.4 Å². The number of aryl methyl sites for hydroxylation is 1. The fourth-order valence-corrected chi connectivity index (χ4v) is 4.39. The first-order valence-corrected chi connectivity index (χ1v) is 11.0. The van der Waals surface area contributed by atoms with E-state index in [0.29, 0.717) is 11.7 Å². The molecule has 2 aromatic carbocycles. The first-order valence-electron chi connectivity index (χ1n) is 11.0. The fraction of sp³-hybridized carbons (Fsp3) is 0.360. The van der Waals surface area contributed by atoms with Gasteiger partial charge in [0, 0.05) is 38.4 Å². The van der Waals surface area contributed by atoms with Crippen LogP contribution in [-0.2, 0) is 11.8 Å². The molecule has 1 N–H and O–H groups in total. The van der Waals surface area contributed by atoms with Gasteiger partial charge in [-0.3, -0.25) is 19.2 Å². The Kier molecular flexibility index (Phi) is 6.19. The maximum atomic E-state index is 13.0. The number of para-hydroxylation sites is 1. The first-order chi connectivity index (χ1) is 15.3. The Labute approximate surface area is 188 Å². The molecule has 0 spiro atoms. The largest absolute Gasteiger partial charge is 0.366 e. The number of hydrogen-bond acceptors (Lipinski definition) is 4. The zero-order valence-corrected chi connectivity index (χ0v) is 19.2. The van der Waals surface area contributed by atoms with Crippen LogP contribution in [-0.4, -0.2) is 52.4 Å². The molecule has 1 unspecified atom stereocenters. The minimum atomic E-state index is -0.220. The van der Waals surface area contributed by atoms with Crippen LogP contribution < -0.4 is 15.8 Å². The molecule has 3 aromatic rings. The highest BCUT2D eigenvalue weighted by atomic mass is 16.2. The van der Waals surface area contributed by atoms with E-state index in [-0.39, 0.29) is 18.0 Å². The molecule has 1 amide bonds. The van der Waals surface area contributed by atoms with Gasteiger partial charge in [-0.05, 0) is 45.0 Å². The Morgan fingerprint density at radius 3 is 2.34 bits per heavy atom. The Bertz CT molecular complexity index is 1150. The van der Waals surface area contributed by atoms with Gasteiger partial charge in [0.2, 0.25) is 5.91 Å². The maximum absolute atomic E-state index is 13.0. The van der Waals surface area contributed by atoms with Gasteiger partial charge < -0.3 is 10.2 Å². The third-order valence-electron chi connectivity index (χ3n) is 6.26. The summed E-state index contributed by atoms with van der Waals surface area (Å²) in [7, 11) is 1.82. The maximum Gasteiger partial charge on any atom is 0.295 e. The Morgan fingerprint density at radius 2 is 1.69 bits per heavy atom. The highest BCUT2D eigenvalue weighted by Gasteiger charge is 2.26. The van der Waals surface area contributed by atoms with Crippen molar-refractivity contribution in [2.75, 3.05) is 36.4 Å². The predicted molar refractivity (Wildman–Crippen MR) is 129 cm³/mol. The molecule has 1 aliphatic heterocycles. The van der Waals surface area contributed by atoms with E-state index in [1.54, 1.807) is 9.36 Å². The minimum Gasteiger partial charge on any atom is -0.366 e. The smallest absolute Gasteiger partial charge is 0.295 e. The zero-order chi connectivity index (χ0) is 22.8. The number of carbonyl (C=O) groups excluding carboxylic acids is 1. The molecule has 7 heteroatoms. The number of rotatable bonds is 5. The molecular weight excluding hydrogens is 402 g/mol. The van der Waals surface area contributed by atoms with Crippen molar-refractivity contribution in [3.8, 4) is 5.69 Å². The highest BCUT2D eigenvalue weighted by Crippen LogP contribution is 2.21. The second-order valence-electron chi connectivity index (χ2n) is 8.60. The van der Waals surface area contributed by atoms with E-state index in [4.69, 9.17) is 0 Å². The van der Waals surface area contributed by atoms with E-state index < -0.39 is 0 Å². The number of benzene rings is 2. The predicted octanol–water partition coefficient (Wildman–Crippen LogP) is 2.94. The van der Waals surface area contributed by atoms with Crippen LogP contribution in [0.3, 0.4) is 0 Å². The zero-order valence-electron chi connectivity index (χ0n) is 19.2. The molecule has 0 aliphatic carbocycles. The lowest BCUT2D eigenvalue weighted by Gasteiger charge is -2.41. The first kappa shape index (κ1) is 21.9. The molecule has 2 heterocycles. The third-order valence-corrected chi connectivity index (χ3v) is 6.26. The second kappa shape index (κ2) is 9.04. The standard InChI is InChI=1S/C25H31N5O2/c1-18-10-12-21(13-11-18)29-15-14-28(16-19(29)2)17-23(31)26-24-20(3)27(4)30(25(24)32)22-8-6-5-7-9-22/h5-13,19H,14-17H2,1-4H3,(H,26,31). The number of carbonyl (C=O) groups is 1. The molecule has 4 rings (SSSR count). The molecule has 1 aliphatic rings. The van der Waals surface area contributed by atoms with Crippen LogP contribution in [0, 0.1) is 13.8 Å². The van der Waals surface area contributed by atoms with E-state index >= 15 is 0 Å². The molecule has 0 bridgehead atoms. The molecule has 0 radical (unpaired) electrons. The summed E-state index contributed by atoms with van der Waals surface area (Å²) >= 11 is 0. The van der Waals surface area contributed by atoms with Crippen molar-refractivity contribution in [2.45, 2.75) is 26.8 Å². The molecule has 168 valence electrons. The lowest BCUT2D eigenvalue weighted by atomic mass is 10.1. The van der Waals surface area contributed by atoms with Crippen LogP contribution in [0.15, 0.2) is 59.4 Å². The average molecular weight is 434 g/mol. The minimum absolute atomic E-state index is 0.160. The fourth-order valence-electron chi connectivity index (χ4n) is 4.39. The third kappa shape index (κ3) is 4.34. The number of amides is 1. The van der Waals surface area contributed by atoms with Gasteiger partial charge in [-0.2, -0.15) is 0 Å². The van der Waals surface area contributed by atoms with Gasteiger partial charge in [-0.15, -0.1) is 0 Å². The molecular formula is C25H31N5O2. The van der Waals surface area contributed by atoms with Gasteiger partial charge in [0.05, 0.1) is 17.9 Å². The molecule has 1 fully saturated rings. The second-order valence-corrected chi connectivity index (χ2v) is 8.60. The van der Waals surface area contributed by atoms with Gasteiger partial charge in [0.25, 0.3) is 5.56 Å². The summed E-state index contributed by atoms with van der Waals surface area (Å²) in [6.07, 6.45) is 0. The number of nitrogens with one attached hydrogen (secondary N) is 1. The van der Waals surface area contributed by atoms with Crippen LogP contribution in [0.25, 0.3) is 5.69 Å². The summed E-state index contributed by atoms with van der Waals surface area (Å²) in [5.74, 6) is -0.160. The van der Waals surface area contributed by atoms with Crippen molar-refractivity contribution < 1.29 is 4.79 Å². The molecule has 1 saturated heterocycles. The normalized spacial score (nSPS) is 16.9. The molecule has 0 saturated carbocycles. The monoisotopic (exact) mass is 433 g/mol. The Hall–Kier alpha value is -3.32. The topological polar surface area (TPSA) is 62.5 Å². The SMILES string of the molecule is Cc1ccc(N2CCN(CC(=O)Nc3c(C)n(C)n(-c4ccccc4)c3=O)CC2C)cc1. The van der Waals surface area contributed by atoms with Crippen molar-refractivity contribution in [3.05, 3.63) is 76.2 Å². The highest BCUT2D eigenvalue weighted by molar-refractivity contribution is 5.92. The number of aromatic nitrogens is 2. The van der Waals surface area contributed by atoms with E-state index in [2.05, 4.69) is 53.2 Å². The quantitative estimate of drug-likeness (QED) is 0.672. The number of hydrogen-bond donors (Lipinski definition) is 1. The van der Waals surface area contributed by atoms with Gasteiger partial charge in [-0.1, -0.05) is 35.9 Å². The van der Waals surface area contributed by atoms with E-state index in [1.807, 2.05) is 44.3 Å². The summed E-state index contributed by atoms with van der Waals surface area (Å²) < 4.78 is 3.35. The van der Waals surface area contributed by atoms with Gasteiger partial charge in [0.15, 0.2) is 0 Å². The summed E-state index contributed by atoms with van der Waals surface area (Å²) in [4.78, 5) is 30.4.